The van der Waals surface area contributed by atoms with Crippen LogP contribution in [-0.4, -0.2) is 50.5 Å². The molecule has 1 aliphatic rings. The molecule has 0 bridgehead atoms. The largest absolute Gasteiger partial charge is 0.444 e. The Labute approximate surface area is 131 Å². The fourth-order valence-corrected chi connectivity index (χ4v) is 2.67. The lowest BCUT2D eigenvalue weighted by atomic mass is 9.96. The minimum atomic E-state index is -0.473. The van der Waals surface area contributed by atoms with E-state index in [-0.39, 0.29) is 18.1 Å². The molecule has 2 rings (SSSR count). The van der Waals surface area contributed by atoms with Crippen molar-refractivity contribution in [3.05, 3.63) is 12.2 Å². The number of rotatable bonds is 4. The van der Waals surface area contributed by atoms with Crippen LogP contribution in [0.4, 0.5) is 4.79 Å². The Balaban J connectivity index is 1.93. The van der Waals surface area contributed by atoms with Crippen molar-refractivity contribution in [2.45, 2.75) is 45.3 Å². The molecule has 1 aliphatic heterocycles. The molecule has 0 saturated carbocycles. The predicted octanol–water partition coefficient (Wildman–Crippen LogP) is 0.447. The molecule has 1 fully saturated rings. The van der Waals surface area contributed by atoms with Crippen molar-refractivity contribution in [2.24, 2.45) is 18.8 Å². The average Bonchev–Trinajstić information content (AvgIpc) is 3.03. The minimum Gasteiger partial charge on any atom is -0.444 e. The molecule has 1 aromatic heterocycles. The monoisotopic (exact) mass is 310 g/mol. The summed E-state index contributed by atoms with van der Waals surface area (Å²) in [6.07, 6.45) is 2.85. The van der Waals surface area contributed by atoms with Crippen LogP contribution in [0, 0.1) is 5.92 Å². The quantitative estimate of drug-likeness (QED) is 0.619. The standard InChI is InChI=1S/C14H26N6O2/c1-14(2,3)22-13(21)20-6-5-10(8-20)11(18-15)7-12-16-9-17-19(12)4/h9-11,18H,5-8,15H2,1-4H3. The van der Waals surface area contributed by atoms with Gasteiger partial charge in [0.1, 0.15) is 17.8 Å². The maximum atomic E-state index is 12.1. The SMILES string of the molecule is Cn1ncnc1CC(NN)C1CCN(C(=O)OC(C)(C)C)C1. The molecular weight excluding hydrogens is 284 g/mol. The van der Waals surface area contributed by atoms with Crippen molar-refractivity contribution in [2.75, 3.05) is 13.1 Å². The Morgan fingerprint density at radius 2 is 2.32 bits per heavy atom. The topological polar surface area (TPSA) is 98.3 Å². The summed E-state index contributed by atoms with van der Waals surface area (Å²) in [5.74, 6) is 6.85. The summed E-state index contributed by atoms with van der Waals surface area (Å²) in [4.78, 5) is 18.1. The summed E-state index contributed by atoms with van der Waals surface area (Å²) in [5.41, 5.74) is 2.38. The number of amides is 1. The van der Waals surface area contributed by atoms with E-state index in [0.717, 1.165) is 12.2 Å². The van der Waals surface area contributed by atoms with E-state index in [1.807, 2.05) is 27.8 Å². The zero-order chi connectivity index (χ0) is 16.3. The number of carbonyl (C=O) groups excluding carboxylic acids is 1. The number of nitrogens with one attached hydrogen (secondary N) is 1. The second-order valence-corrected chi connectivity index (χ2v) is 6.75. The van der Waals surface area contributed by atoms with Gasteiger partial charge in [-0.15, -0.1) is 0 Å². The molecule has 3 N–H and O–H groups in total. The van der Waals surface area contributed by atoms with Gasteiger partial charge in [-0.25, -0.2) is 9.78 Å². The normalized spacial score (nSPS) is 20.2. The molecule has 8 heteroatoms. The van der Waals surface area contributed by atoms with Crippen molar-refractivity contribution in [1.82, 2.24) is 25.1 Å². The van der Waals surface area contributed by atoms with Crippen molar-refractivity contribution in [3.8, 4) is 0 Å². The Kier molecular flexibility index (Phi) is 5.02. The van der Waals surface area contributed by atoms with E-state index in [0.29, 0.717) is 19.5 Å². The molecular formula is C14H26N6O2. The lowest BCUT2D eigenvalue weighted by Crippen LogP contribution is -2.44. The molecule has 1 amide bonds. The minimum absolute atomic E-state index is 0.0512. The molecule has 1 saturated heterocycles. The van der Waals surface area contributed by atoms with E-state index in [1.165, 1.54) is 6.33 Å². The molecule has 0 aromatic carbocycles. The zero-order valence-corrected chi connectivity index (χ0v) is 13.7. The van der Waals surface area contributed by atoms with Crippen molar-refractivity contribution in [3.63, 3.8) is 0 Å². The number of ether oxygens (including phenoxy) is 1. The van der Waals surface area contributed by atoms with Gasteiger partial charge in [-0.05, 0) is 33.1 Å². The number of nitrogens with zero attached hydrogens (tertiary/aromatic N) is 4. The van der Waals surface area contributed by atoms with Gasteiger partial charge in [0.15, 0.2) is 0 Å². The van der Waals surface area contributed by atoms with Gasteiger partial charge in [0.2, 0.25) is 0 Å². The van der Waals surface area contributed by atoms with E-state index >= 15 is 0 Å². The van der Waals surface area contributed by atoms with Gasteiger partial charge < -0.3 is 9.64 Å². The van der Waals surface area contributed by atoms with E-state index < -0.39 is 5.60 Å². The molecule has 2 atom stereocenters. The highest BCUT2D eigenvalue weighted by Crippen LogP contribution is 2.23. The number of nitrogens with two attached hydrogens (primary N) is 1. The van der Waals surface area contributed by atoms with Gasteiger partial charge in [-0.2, -0.15) is 5.10 Å². The van der Waals surface area contributed by atoms with Crippen molar-refractivity contribution in [1.29, 1.82) is 0 Å². The van der Waals surface area contributed by atoms with Crippen molar-refractivity contribution >= 4 is 6.09 Å². The first-order chi connectivity index (χ1) is 10.3. The van der Waals surface area contributed by atoms with Gasteiger partial charge in [-0.1, -0.05) is 0 Å². The third kappa shape index (κ3) is 4.17. The summed E-state index contributed by atoms with van der Waals surface area (Å²) in [6, 6.07) is 0.0512. The van der Waals surface area contributed by atoms with Crippen LogP contribution in [0.25, 0.3) is 0 Å². The summed E-state index contributed by atoms with van der Waals surface area (Å²) >= 11 is 0. The Hall–Kier alpha value is -1.67. The van der Waals surface area contributed by atoms with Crippen LogP contribution in [0.1, 0.15) is 33.0 Å². The second-order valence-electron chi connectivity index (χ2n) is 6.75. The van der Waals surface area contributed by atoms with Crippen LogP contribution < -0.4 is 11.3 Å². The van der Waals surface area contributed by atoms with Gasteiger partial charge in [-0.3, -0.25) is 16.0 Å². The number of aromatic nitrogens is 3. The lowest BCUT2D eigenvalue weighted by molar-refractivity contribution is 0.0285. The maximum absolute atomic E-state index is 12.1. The molecule has 2 heterocycles. The molecule has 1 aromatic rings. The van der Waals surface area contributed by atoms with Gasteiger partial charge in [0, 0.05) is 32.6 Å². The molecule has 2 unspecified atom stereocenters. The Bertz CT molecular complexity index is 510. The maximum Gasteiger partial charge on any atom is 0.410 e. The summed E-state index contributed by atoms with van der Waals surface area (Å²) in [5, 5.41) is 4.07. The molecule has 8 nitrogen and oxygen atoms in total. The lowest BCUT2D eigenvalue weighted by Gasteiger charge is -2.26. The van der Waals surface area contributed by atoms with E-state index in [9.17, 15) is 4.79 Å². The highest BCUT2D eigenvalue weighted by Gasteiger charge is 2.34. The zero-order valence-electron chi connectivity index (χ0n) is 13.7. The fourth-order valence-electron chi connectivity index (χ4n) is 2.67. The number of hydrogen-bond donors (Lipinski definition) is 2. The van der Waals surface area contributed by atoms with Crippen molar-refractivity contribution < 1.29 is 9.53 Å². The van der Waals surface area contributed by atoms with Crippen LogP contribution in [0.15, 0.2) is 6.33 Å². The van der Waals surface area contributed by atoms with Crippen LogP contribution in [0.5, 0.6) is 0 Å². The first kappa shape index (κ1) is 16.7. The number of likely N-dealkylation sites (tertiary alicyclic amines) is 1. The van der Waals surface area contributed by atoms with Gasteiger partial charge in [0.05, 0.1) is 0 Å². The summed E-state index contributed by atoms with van der Waals surface area (Å²) in [6.45, 7) is 6.95. The van der Waals surface area contributed by atoms with Crippen LogP contribution in [0.2, 0.25) is 0 Å². The first-order valence-corrected chi connectivity index (χ1v) is 7.57. The van der Waals surface area contributed by atoms with E-state index in [4.69, 9.17) is 10.6 Å². The third-order valence-electron chi connectivity index (χ3n) is 3.87. The molecule has 124 valence electrons. The highest BCUT2D eigenvalue weighted by atomic mass is 16.6. The van der Waals surface area contributed by atoms with Crippen LogP contribution in [-0.2, 0) is 18.2 Å². The van der Waals surface area contributed by atoms with E-state index in [1.54, 1.807) is 9.58 Å². The number of hydrazine groups is 1. The Morgan fingerprint density at radius 1 is 1.59 bits per heavy atom. The molecule has 22 heavy (non-hydrogen) atoms. The van der Waals surface area contributed by atoms with E-state index in [2.05, 4.69) is 15.5 Å². The fraction of sp³-hybridized carbons (Fsp3) is 0.786. The molecule has 0 radical (unpaired) electrons. The predicted molar refractivity (Wildman–Crippen MR) is 81.7 cm³/mol. The summed E-state index contributed by atoms with van der Waals surface area (Å²) in [7, 11) is 1.86. The highest BCUT2D eigenvalue weighted by molar-refractivity contribution is 5.68. The van der Waals surface area contributed by atoms with Gasteiger partial charge in [0.25, 0.3) is 0 Å². The number of hydrogen-bond acceptors (Lipinski definition) is 6. The number of aryl methyl sites for hydroxylation is 1. The van der Waals surface area contributed by atoms with Gasteiger partial charge >= 0.3 is 6.09 Å². The van der Waals surface area contributed by atoms with Crippen LogP contribution >= 0.6 is 0 Å². The van der Waals surface area contributed by atoms with Crippen LogP contribution in [0.3, 0.4) is 0 Å². The average molecular weight is 310 g/mol. The molecule has 0 aliphatic carbocycles. The first-order valence-electron chi connectivity index (χ1n) is 7.57. The summed E-state index contributed by atoms with van der Waals surface area (Å²) < 4.78 is 7.16. The Morgan fingerprint density at radius 3 is 2.86 bits per heavy atom. The smallest absolute Gasteiger partial charge is 0.410 e. The third-order valence-corrected chi connectivity index (χ3v) is 3.87. The molecule has 0 spiro atoms. The second kappa shape index (κ2) is 6.62. The number of carbonyl (C=O) groups is 1.